The van der Waals surface area contributed by atoms with Gasteiger partial charge in [0.25, 0.3) is 0 Å². The number of hydrogen-bond donors (Lipinski definition) is 1. The number of fused-ring (bicyclic) bond motifs is 1. The van der Waals surface area contributed by atoms with Gasteiger partial charge in [0, 0.05) is 25.2 Å². The molecule has 3 heterocycles. The van der Waals surface area contributed by atoms with Crippen LogP contribution in [0.4, 0.5) is 0 Å². The van der Waals surface area contributed by atoms with Crippen molar-refractivity contribution in [2.24, 2.45) is 11.8 Å². The average Bonchev–Trinajstić information content (AvgIpc) is 3.35. The topological polar surface area (TPSA) is 96.4 Å². The van der Waals surface area contributed by atoms with Gasteiger partial charge in [-0.05, 0) is 53.4 Å². The van der Waals surface area contributed by atoms with Gasteiger partial charge in [-0.15, -0.1) is 6.58 Å². The molecule has 3 rings (SSSR count). The van der Waals surface area contributed by atoms with Gasteiger partial charge >= 0.3 is 5.97 Å². The number of aliphatic hydroxyl groups is 1. The summed E-state index contributed by atoms with van der Waals surface area (Å²) in [5.41, 5.74) is -2.40. The van der Waals surface area contributed by atoms with Gasteiger partial charge < -0.3 is 24.4 Å². The number of rotatable bonds is 12. The molecule has 2 amide bonds. The molecule has 196 valence electrons. The Morgan fingerprint density at radius 3 is 2.49 bits per heavy atom. The predicted molar refractivity (Wildman–Crippen MR) is 132 cm³/mol. The third-order valence-electron chi connectivity index (χ3n) is 7.80. The van der Waals surface area contributed by atoms with Gasteiger partial charge in [0.05, 0.1) is 11.5 Å². The molecular formula is C27H42N2O6. The zero-order valence-corrected chi connectivity index (χ0v) is 21.8. The van der Waals surface area contributed by atoms with Crippen molar-refractivity contribution in [3.8, 4) is 0 Å². The predicted octanol–water partition coefficient (Wildman–Crippen LogP) is 2.85. The minimum Gasteiger partial charge on any atom is -0.461 e. The zero-order chi connectivity index (χ0) is 26.0. The number of ether oxygens (including phenoxy) is 2. The largest absolute Gasteiger partial charge is 0.461 e. The number of unbranched alkanes of at least 4 members (excludes halogenated alkanes) is 3. The maximum Gasteiger partial charge on any atom is 0.313 e. The summed E-state index contributed by atoms with van der Waals surface area (Å²) in [6.07, 6.45) is 7.41. The van der Waals surface area contributed by atoms with Gasteiger partial charge in [-0.3, -0.25) is 14.4 Å². The van der Waals surface area contributed by atoms with Crippen LogP contribution in [0.1, 0.15) is 66.2 Å². The average molecular weight is 491 g/mol. The number of carbonyl (C=O) groups excluding carboxylic acids is 3. The Balaban J connectivity index is 2.00. The fourth-order valence-corrected chi connectivity index (χ4v) is 6.25. The number of esters is 1. The van der Waals surface area contributed by atoms with Crippen LogP contribution in [0.2, 0.25) is 0 Å². The smallest absolute Gasteiger partial charge is 0.313 e. The normalized spacial score (nSPS) is 31.4. The SMILES string of the molecule is C=CCOC(=O)[C@@H]1[C@H]2C(=O)N(CCCCCCO)C(C(=O)N(CC=C)C(C)(C)C)C23CC[C@@]1(C)O3. The molecule has 2 bridgehead atoms. The van der Waals surface area contributed by atoms with Crippen LogP contribution < -0.4 is 0 Å². The van der Waals surface area contributed by atoms with E-state index in [1.807, 2.05) is 27.7 Å². The van der Waals surface area contributed by atoms with E-state index in [2.05, 4.69) is 13.2 Å². The lowest BCUT2D eigenvalue weighted by molar-refractivity contribution is -0.160. The number of likely N-dealkylation sites (tertiary alicyclic amines) is 1. The van der Waals surface area contributed by atoms with Crippen LogP contribution in [0.5, 0.6) is 0 Å². The van der Waals surface area contributed by atoms with Crippen LogP contribution in [0.15, 0.2) is 25.3 Å². The van der Waals surface area contributed by atoms with Crippen molar-refractivity contribution in [1.29, 1.82) is 0 Å². The first-order chi connectivity index (χ1) is 16.5. The van der Waals surface area contributed by atoms with E-state index in [9.17, 15) is 14.4 Å². The molecule has 1 N–H and O–H groups in total. The summed E-state index contributed by atoms with van der Waals surface area (Å²) in [4.78, 5) is 44.7. The number of aliphatic hydroxyl groups excluding tert-OH is 1. The Morgan fingerprint density at radius 2 is 1.89 bits per heavy atom. The molecule has 5 atom stereocenters. The van der Waals surface area contributed by atoms with Gasteiger partial charge in [-0.25, -0.2) is 0 Å². The quantitative estimate of drug-likeness (QED) is 0.257. The Labute approximate surface area is 209 Å². The fourth-order valence-electron chi connectivity index (χ4n) is 6.25. The van der Waals surface area contributed by atoms with Crippen LogP contribution in [0, 0.1) is 11.8 Å². The number of hydrogen-bond acceptors (Lipinski definition) is 6. The van der Waals surface area contributed by atoms with Crippen molar-refractivity contribution in [1.82, 2.24) is 9.80 Å². The minimum atomic E-state index is -1.06. The van der Waals surface area contributed by atoms with E-state index < -0.39 is 40.6 Å². The van der Waals surface area contributed by atoms with E-state index in [0.29, 0.717) is 38.8 Å². The van der Waals surface area contributed by atoms with Crippen LogP contribution >= 0.6 is 0 Å². The van der Waals surface area contributed by atoms with Crippen LogP contribution in [-0.4, -0.2) is 81.8 Å². The van der Waals surface area contributed by atoms with E-state index in [-0.39, 0.29) is 25.0 Å². The van der Waals surface area contributed by atoms with Crippen molar-refractivity contribution in [2.75, 3.05) is 26.3 Å². The third kappa shape index (κ3) is 4.79. The number of amides is 2. The van der Waals surface area contributed by atoms with E-state index in [1.54, 1.807) is 15.9 Å². The summed E-state index contributed by atoms with van der Waals surface area (Å²) in [5, 5.41) is 9.08. The molecule has 3 saturated heterocycles. The first-order valence-electron chi connectivity index (χ1n) is 12.8. The summed E-state index contributed by atoms with van der Waals surface area (Å²) < 4.78 is 12.0. The van der Waals surface area contributed by atoms with Crippen molar-refractivity contribution in [2.45, 2.75) is 89.0 Å². The standard InChI is InChI=1S/C27H42N2O6/c1-7-15-29(25(3,4)5)23(32)21-27-14-13-26(6,35-27)20(24(33)34-18-8-2)19(27)22(31)28(21)16-11-9-10-12-17-30/h7-8,19-21,30H,1-2,9-18H2,3-6H3/t19-,20-,21?,26+,27?/m0/s1. The van der Waals surface area contributed by atoms with Crippen molar-refractivity contribution >= 4 is 17.8 Å². The van der Waals surface area contributed by atoms with E-state index >= 15 is 0 Å². The van der Waals surface area contributed by atoms with Gasteiger partial charge in [0.1, 0.15) is 24.2 Å². The van der Waals surface area contributed by atoms with Gasteiger partial charge in [-0.1, -0.05) is 31.6 Å². The van der Waals surface area contributed by atoms with Gasteiger partial charge in [0.15, 0.2) is 0 Å². The summed E-state index contributed by atoms with van der Waals surface area (Å²) >= 11 is 0. The molecule has 8 heteroatoms. The second-order valence-corrected chi connectivity index (χ2v) is 11.2. The molecule has 2 unspecified atom stereocenters. The highest BCUT2D eigenvalue weighted by molar-refractivity contribution is 5.98. The van der Waals surface area contributed by atoms with Crippen LogP contribution in [0.3, 0.4) is 0 Å². The monoisotopic (exact) mass is 490 g/mol. The number of nitrogens with zero attached hydrogens (tertiary/aromatic N) is 2. The Kier molecular flexibility index (Phi) is 8.16. The molecule has 0 aromatic heterocycles. The van der Waals surface area contributed by atoms with Crippen molar-refractivity contribution < 1.29 is 29.0 Å². The maximum atomic E-state index is 14.2. The first-order valence-corrected chi connectivity index (χ1v) is 12.8. The van der Waals surface area contributed by atoms with Crippen molar-refractivity contribution in [3.63, 3.8) is 0 Å². The fraction of sp³-hybridized carbons (Fsp3) is 0.741. The molecule has 35 heavy (non-hydrogen) atoms. The second kappa shape index (κ2) is 10.4. The first kappa shape index (κ1) is 27.4. The third-order valence-corrected chi connectivity index (χ3v) is 7.80. The Hall–Kier alpha value is -2.19. The molecule has 0 aromatic carbocycles. The summed E-state index contributed by atoms with van der Waals surface area (Å²) in [6, 6.07) is -0.809. The van der Waals surface area contributed by atoms with Crippen molar-refractivity contribution in [3.05, 3.63) is 25.3 Å². The van der Waals surface area contributed by atoms with E-state index in [4.69, 9.17) is 14.6 Å². The summed E-state index contributed by atoms with van der Waals surface area (Å²) in [6.45, 7) is 16.1. The molecule has 0 aliphatic carbocycles. The Morgan fingerprint density at radius 1 is 1.20 bits per heavy atom. The highest BCUT2D eigenvalue weighted by Crippen LogP contribution is 2.63. The van der Waals surface area contributed by atoms with E-state index in [1.165, 1.54) is 6.08 Å². The van der Waals surface area contributed by atoms with Gasteiger partial charge in [-0.2, -0.15) is 0 Å². The molecule has 1 spiro atoms. The lowest BCUT2D eigenvalue weighted by Crippen LogP contribution is -2.60. The highest BCUT2D eigenvalue weighted by Gasteiger charge is 2.78. The van der Waals surface area contributed by atoms with Gasteiger partial charge in [0.2, 0.25) is 11.8 Å². The number of carbonyl (C=O) groups is 3. The summed E-state index contributed by atoms with van der Waals surface area (Å²) in [5.74, 6) is -2.37. The Bertz CT molecular complexity index is 851. The highest BCUT2D eigenvalue weighted by atomic mass is 16.6. The maximum absolute atomic E-state index is 14.2. The molecule has 3 aliphatic heterocycles. The summed E-state index contributed by atoms with van der Waals surface area (Å²) in [7, 11) is 0. The second-order valence-electron chi connectivity index (χ2n) is 11.2. The molecule has 3 fully saturated rings. The molecular weight excluding hydrogens is 448 g/mol. The molecule has 8 nitrogen and oxygen atoms in total. The molecule has 3 aliphatic rings. The minimum absolute atomic E-state index is 0.0629. The van der Waals surface area contributed by atoms with E-state index in [0.717, 1.165) is 12.8 Å². The molecule has 0 saturated carbocycles. The molecule has 0 aromatic rings. The lowest BCUT2D eigenvalue weighted by Gasteiger charge is -2.42. The van der Waals surface area contributed by atoms with Crippen LogP contribution in [0.25, 0.3) is 0 Å². The zero-order valence-electron chi connectivity index (χ0n) is 21.8. The van der Waals surface area contributed by atoms with Crippen LogP contribution in [-0.2, 0) is 23.9 Å². The lowest BCUT2D eigenvalue weighted by atomic mass is 9.66. The molecule has 0 radical (unpaired) electrons.